The van der Waals surface area contributed by atoms with E-state index in [4.69, 9.17) is 11.6 Å². The van der Waals surface area contributed by atoms with Gasteiger partial charge < -0.3 is 0 Å². The van der Waals surface area contributed by atoms with Crippen LogP contribution in [0.25, 0.3) is 0 Å². The maximum absolute atomic E-state index is 11.5. The van der Waals surface area contributed by atoms with Crippen LogP contribution in [0.15, 0.2) is 35.1 Å². The summed E-state index contributed by atoms with van der Waals surface area (Å²) in [6.07, 6.45) is 0.634. The zero-order valence-corrected chi connectivity index (χ0v) is 10.5. The Balaban J connectivity index is 2.40. The number of rotatable bonds is 2. The van der Waals surface area contributed by atoms with E-state index < -0.39 is 0 Å². The van der Waals surface area contributed by atoms with Crippen LogP contribution < -0.4 is 5.56 Å². The Morgan fingerprint density at radius 3 is 2.71 bits per heavy atom. The van der Waals surface area contributed by atoms with E-state index >= 15 is 0 Å². The molecule has 17 heavy (non-hydrogen) atoms. The normalized spacial score (nSPS) is 10.5. The molecule has 4 heteroatoms. The van der Waals surface area contributed by atoms with E-state index in [0.717, 1.165) is 16.8 Å². The Morgan fingerprint density at radius 1 is 1.29 bits per heavy atom. The van der Waals surface area contributed by atoms with Crippen molar-refractivity contribution >= 4 is 11.6 Å². The highest BCUT2D eigenvalue weighted by Gasteiger charge is 2.06. The quantitative estimate of drug-likeness (QED) is 0.818. The van der Waals surface area contributed by atoms with Crippen LogP contribution in [0.4, 0.5) is 0 Å². The molecule has 0 amide bonds. The lowest BCUT2D eigenvalue weighted by Crippen LogP contribution is -2.21. The summed E-state index contributed by atoms with van der Waals surface area (Å²) < 4.78 is 1.34. The second-order valence-electron chi connectivity index (χ2n) is 3.99. The predicted molar refractivity (Wildman–Crippen MR) is 68.5 cm³/mol. The van der Waals surface area contributed by atoms with Crippen LogP contribution in [-0.2, 0) is 13.5 Å². The number of benzene rings is 1. The van der Waals surface area contributed by atoms with Crippen LogP contribution in [0.1, 0.15) is 16.8 Å². The molecule has 0 saturated heterocycles. The van der Waals surface area contributed by atoms with Gasteiger partial charge in [0.1, 0.15) is 0 Å². The van der Waals surface area contributed by atoms with Crippen molar-refractivity contribution in [3.63, 3.8) is 0 Å². The zero-order chi connectivity index (χ0) is 12.4. The van der Waals surface area contributed by atoms with Crippen molar-refractivity contribution in [2.75, 3.05) is 0 Å². The van der Waals surface area contributed by atoms with Gasteiger partial charge in [-0.1, -0.05) is 29.8 Å². The van der Waals surface area contributed by atoms with Crippen molar-refractivity contribution in [1.82, 2.24) is 9.78 Å². The summed E-state index contributed by atoms with van der Waals surface area (Å²) in [5.41, 5.74) is 2.68. The molecule has 0 unspecified atom stereocenters. The van der Waals surface area contributed by atoms with E-state index in [0.29, 0.717) is 11.4 Å². The highest BCUT2D eigenvalue weighted by molar-refractivity contribution is 6.31. The number of aryl methyl sites for hydroxylation is 2. The average Bonchev–Trinajstić information content (AvgIpc) is 2.29. The molecule has 0 aliphatic carbocycles. The maximum atomic E-state index is 11.5. The highest BCUT2D eigenvalue weighted by atomic mass is 35.5. The lowest BCUT2D eigenvalue weighted by Gasteiger charge is -2.07. The molecular formula is C13H13ClN2O. The minimum atomic E-state index is -0.0994. The molecule has 0 spiro atoms. The third-order valence-electron chi connectivity index (χ3n) is 2.72. The molecule has 1 heterocycles. The molecule has 2 aromatic rings. The molecular weight excluding hydrogens is 236 g/mol. The summed E-state index contributed by atoms with van der Waals surface area (Å²) in [5, 5.41) is 4.88. The fourth-order valence-electron chi connectivity index (χ4n) is 1.71. The van der Waals surface area contributed by atoms with E-state index in [1.807, 2.05) is 31.2 Å². The van der Waals surface area contributed by atoms with Crippen molar-refractivity contribution in [3.8, 4) is 0 Å². The first kappa shape index (κ1) is 11.9. The number of halogens is 1. The molecule has 0 bridgehead atoms. The van der Waals surface area contributed by atoms with Crippen LogP contribution in [0, 0.1) is 6.92 Å². The Hall–Kier alpha value is -1.61. The first-order chi connectivity index (χ1) is 8.08. The fourth-order valence-corrected chi connectivity index (χ4v) is 1.91. The van der Waals surface area contributed by atoms with Gasteiger partial charge in [0.15, 0.2) is 0 Å². The summed E-state index contributed by atoms with van der Waals surface area (Å²) >= 11 is 6.09. The predicted octanol–water partition coefficient (Wildman–Crippen LogP) is 2.33. The molecule has 0 aliphatic rings. The second kappa shape index (κ2) is 4.72. The number of hydrogen-bond donors (Lipinski definition) is 0. The topological polar surface area (TPSA) is 34.9 Å². The number of aromatic nitrogens is 2. The fraction of sp³-hybridized carbons (Fsp3) is 0.231. The van der Waals surface area contributed by atoms with Gasteiger partial charge in [0.05, 0.1) is 5.69 Å². The monoisotopic (exact) mass is 248 g/mol. The standard InChI is InChI=1S/C13H13ClN2O/c1-9-11(8-13(17)16(2)15-9)7-10-5-3-4-6-12(10)14/h3-6,8H,7H2,1-2H3. The maximum Gasteiger partial charge on any atom is 0.266 e. The Bertz CT molecular complexity index is 605. The first-order valence-corrected chi connectivity index (χ1v) is 5.73. The van der Waals surface area contributed by atoms with Crippen LogP contribution in [-0.4, -0.2) is 9.78 Å². The summed E-state index contributed by atoms with van der Waals surface area (Å²) in [6, 6.07) is 9.25. The van der Waals surface area contributed by atoms with E-state index in [-0.39, 0.29) is 5.56 Å². The lowest BCUT2D eigenvalue weighted by atomic mass is 10.0. The van der Waals surface area contributed by atoms with Gasteiger partial charge in [0.25, 0.3) is 5.56 Å². The molecule has 0 aliphatic heterocycles. The minimum absolute atomic E-state index is 0.0994. The molecule has 0 N–H and O–H groups in total. The Labute approximate surface area is 105 Å². The lowest BCUT2D eigenvalue weighted by molar-refractivity contribution is 0.685. The van der Waals surface area contributed by atoms with E-state index in [1.54, 1.807) is 13.1 Å². The van der Waals surface area contributed by atoms with Gasteiger partial charge in [-0.05, 0) is 24.1 Å². The van der Waals surface area contributed by atoms with Gasteiger partial charge in [-0.25, -0.2) is 4.68 Å². The summed E-state index contributed by atoms with van der Waals surface area (Å²) in [6.45, 7) is 1.89. The average molecular weight is 249 g/mol. The molecule has 1 aromatic carbocycles. The second-order valence-corrected chi connectivity index (χ2v) is 4.39. The molecule has 2 rings (SSSR count). The van der Waals surface area contributed by atoms with Crippen molar-refractivity contribution in [2.24, 2.45) is 7.05 Å². The zero-order valence-electron chi connectivity index (χ0n) is 9.77. The van der Waals surface area contributed by atoms with Gasteiger partial charge in [-0.2, -0.15) is 5.10 Å². The van der Waals surface area contributed by atoms with Gasteiger partial charge in [-0.3, -0.25) is 4.79 Å². The van der Waals surface area contributed by atoms with E-state index in [9.17, 15) is 4.79 Å². The van der Waals surface area contributed by atoms with E-state index in [1.165, 1.54) is 4.68 Å². The largest absolute Gasteiger partial charge is 0.268 e. The smallest absolute Gasteiger partial charge is 0.266 e. The van der Waals surface area contributed by atoms with Crippen LogP contribution in [0.2, 0.25) is 5.02 Å². The molecule has 88 valence electrons. The summed E-state index contributed by atoms with van der Waals surface area (Å²) in [4.78, 5) is 11.5. The molecule has 1 aromatic heterocycles. The number of hydrogen-bond acceptors (Lipinski definition) is 2. The van der Waals surface area contributed by atoms with Gasteiger partial charge in [0, 0.05) is 24.6 Å². The van der Waals surface area contributed by atoms with Crippen LogP contribution >= 0.6 is 11.6 Å². The third kappa shape index (κ3) is 2.56. The SMILES string of the molecule is Cc1nn(C)c(=O)cc1Cc1ccccc1Cl. The Kier molecular flexibility index (Phi) is 3.29. The van der Waals surface area contributed by atoms with Crippen molar-refractivity contribution in [2.45, 2.75) is 13.3 Å². The van der Waals surface area contributed by atoms with Gasteiger partial charge in [-0.15, -0.1) is 0 Å². The van der Waals surface area contributed by atoms with Crippen LogP contribution in [0.3, 0.4) is 0 Å². The minimum Gasteiger partial charge on any atom is -0.268 e. The van der Waals surface area contributed by atoms with E-state index in [2.05, 4.69) is 5.10 Å². The molecule has 0 atom stereocenters. The first-order valence-electron chi connectivity index (χ1n) is 5.35. The summed E-state index contributed by atoms with van der Waals surface area (Å²) in [5.74, 6) is 0. The Morgan fingerprint density at radius 2 is 2.00 bits per heavy atom. The molecule has 3 nitrogen and oxygen atoms in total. The van der Waals surface area contributed by atoms with Gasteiger partial charge in [0.2, 0.25) is 0 Å². The third-order valence-corrected chi connectivity index (χ3v) is 3.09. The van der Waals surface area contributed by atoms with Crippen LogP contribution in [0.5, 0.6) is 0 Å². The van der Waals surface area contributed by atoms with Crippen molar-refractivity contribution in [1.29, 1.82) is 0 Å². The highest BCUT2D eigenvalue weighted by Crippen LogP contribution is 2.19. The van der Waals surface area contributed by atoms with Gasteiger partial charge >= 0.3 is 0 Å². The summed E-state index contributed by atoms with van der Waals surface area (Å²) in [7, 11) is 1.65. The molecule has 0 fully saturated rings. The van der Waals surface area contributed by atoms with Crippen molar-refractivity contribution in [3.05, 3.63) is 62.5 Å². The molecule has 0 radical (unpaired) electrons. The molecule has 0 saturated carbocycles. The number of nitrogens with zero attached hydrogens (tertiary/aromatic N) is 2. The van der Waals surface area contributed by atoms with Crippen molar-refractivity contribution < 1.29 is 0 Å².